The van der Waals surface area contributed by atoms with Gasteiger partial charge >= 0.3 is 5.97 Å². The molecule has 234 valence electrons. The number of nitrogens with zero attached hydrogens (tertiary/aromatic N) is 2. The molecule has 1 fully saturated rings. The number of hydrogen-bond acceptors (Lipinski definition) is 8. The normalized spacial score (nSPS) is 23.4. The molecule has 1 saturated heterocycles. The van der Waals surface area contributed by atoms with Crippen LogP contribution in [0.3, 0.4) is 0 Å². The van der Waals surface area contributed by atoms with Gasteiger partial charge in [-0.1, -0.05) is 41.5 Å². The summed E-state index contributed by atoms with van der Waals surface area (Å²) in [6, 6.07) is 0.369. The molecular weight excluding hydrogens is 508 g/mol. The van der Waals surface area contributed by atoms with E-state index in [9.17, 15) is 9.59 Å². The van der Waals surface area contributed by atoms with Crippen molar-refractivity contribution in [2.24, 2.45) is 28.7 Å². The molecule has 0 amide bonds. The quantitative estimate of drug-likeness (QED) is 0.141. The highest BCUT2D eigenvalue weighted by atomic mass is 16.7. The van der Waals surface area contributed by atoms with E-state index in [4.69, 9.17) is 18.9 Å². The minimum Gasteiger partial charge on any atom is -0.465 e. The summed E-state index contributed by atoms with van der Waals surface area (Å²) in [5.41, 5.74) is 1.20. The van der Waals surface area contributed by atoms with Crippen molar-refractivity contribution in [1.29, 1.82) is 0 Å². The minimum atomic E-state index is -0.358. The number of ether oxygens (including phenoxy) is 4. The number of rotatable bonds is 19. The molecule has 0 bridgehead atoms. The lowest BCUT2D eigenvalue weighted by Gasteiger charge is -2.39. The van der Waals surface area contributed by atoms with Crippen LogP contribution in [-0.2, 0) is 28.5 Å². The van der Waals surface area contributed by atoms with Crippen molar-refractivity contribution >= 4 is 17.5 Å². The van der Waals surface area contributed by atoms with Gasteiger partial charge in [0.25, 0.3) is 0 Å². The third-order valence-corrected chi connectivity index (χ3v) is 7.83. The van der Waals surface area contributed by atoms with Gasteiger partial charge in [0, 0.05) is 31.6 Å². The van der Waals surface area contributed by atoms with Gasteiger partial charge in [-0.15, -0.1) is 0 Å². The topological polar surface area (TPSA) is 86.7 Å². The van der Waals surface area contributed by atoms with E-state index in [0.717, 1.165) is 25.7 Å². The average Bonchev–Trinajstić information content (AvgIpc) is 2.87. The van der Waals surface area contributed by atoms with Gasteiger partial charge in [-0.3, -0.25) is 14.6 Å². The van der Waals surface area contributed by atoms with E-state index in [2.05, 4.69) is 51.7 Å². The predicted molar refractivity (Wildman–Crippen MR) is 162 cm³/mol. The summed E-state index contributed by atoms with van der Waals surface area (Å²) in [4.78, 5) is 31.8. The molecular formula is C32H60N2O6. The second kappa shape index (κ2) is 19.0. The summed E-state index contributed by atoms with van der Waals surface area (Å²) in [6.45, 7) is 16.9. The average molecular weight is 569 g/mol. The van der Waals surface area contributed by atoms with Crippen LogP contribution in [0.4, 0.5) is 0 Å². The van der Waals surface area contributed by atoms with Crippen LogP contribution in [0.1, 0.15) is 100 Å². The Morgan fingerprint density at radius 3 is 2.23 bits per heavy atom. The zero-order valence-electron chi connectivity index (χ0n) is 27.4. The van der Waals surface area contributed by atoms with Gasteiger partial charge in [0.15, 0.2) is 12.1 Å². The van der Waals surface area contributed by atoms with Gasteiger partial charge in [-0.25, -0.2) is 0 Å². The van der Waals surface area contributed by atoms with Crippen molar-refractivity contribution in [1.82, 2.24) is 4.90 Å². The van der Waals surface area contributed by atoms with E-state index >= 15 is 0 Å². The van der Waals surface area contributed by atoms with Crippen LogP contribution in [0.25, 0.3) is 0 Å². The molecule has 1 heterocycles. The lowest BCUT2D eigenvalue weighted by molar-refractivity contribution is -0.238. The maximum absolute atomic E-state index is 12.7. The van der Waals surface area contributed by atoms with E-state index < -0.39 is 0 Å². The molecule has 0 aromatic heterocycles. The Kier molecular flexibility index (Phi) is 17.4. The molecule has 0 saturated carbocycles. The summed E-state index contributed by atoms with van der Waals surface area (Å²) >= 11 is 0. The monoisotopic (exact) mass is 568 g/mol. The van der Waals surface area contributed by atoms with Crippen molar-refractivity contribution < 1.29 is 28.5 Å². The standard InChI is InChI=1S/C32H60N2O6/c1-21(2)19-38-32(36)24(6)15-16-29(40-30-18-27(34(10)11)17-25(7)39-30)26(8)37-20-28(35)14-12-13-23(5)31(33-9)22(3)4/h21-27,29-30H,12-20H2,1-11H3/t23?,24?,25?,26?,27?,29-,30?/m1/s1. The van der Waals surface area contributed by atoms with Crippen molar-refractivity contribution in [3.63, 3.8) is 0 Å². The van der Waals surface area contributed by atoms with E-state index in [1.807, 2.05) is 34.7 Å². The zero-order valence-corrected chi connectivity index (χ0v) is 27.4. The van der Waals surface area contributed by atoms with Crippen LogP contribution >= 0.6 is 0 Å². The molecule has 0 spiro atoms. The van der Waals surface area contributed by atoms with Crippen molar-refractivity contribution in [2.75, 3.05) is 34.4 Å². The SMILES string of the molecule is CN=C(C(C)C)C(C)CCCC(=O)COC(C)[C@@H](CCC(C)C(=O)OCC(C)C)OC1CC(N(C)C)CC(C)O1. The van der Waals surface area contributed by atoms with Crippen LogP contribution in [0, 0.1) is 23.7 Å². The Morgan fingerprint density at radius 1 is 0.975 bits per heavy atom. The number of carbonyl (C=O) groups is 2. The van der Waals surface area contributed by atoms with Crippen LogP contribution < -0.4 is 0 Å². The molecule has 1 rings (SSSR count). The smallest absolute Gasteiger partial charge is 0.308 e. The Morgan fingerprint density at radius 2 is 1.65 bits per heavy atom. The number of aliphatic imine (C=N–C) groups is 1. The van der Waals surface area contributed by atoms with Crippen molar-refractivity contribution in [2.45, 2.75) is 131 Å². The van der Waals surface area contributed by atoms with Gasteiger partial charge in [-0.05, 0) is 77.8 Å². The van der Waals surface area contributed by atoms with E-state index in [1.165, 1.54) is 5.71 Å². The summed E-state index contributed by atoms with van der Waals surface area (Å²) in [5.74, 6) is 0.749. The Labute approximate surface area is 244 Å². The summed E-state index contributed by atoms with van der Waals surface area (Å²) < 4.78 is 24.1. The highest BCUT2D eigenvalue weighted by molar-refractivity contribution is 5.88. The minimum absolute atomic E-state index is 0.0581. The summed E-state index contributed by atoms with van der Waals surface area (Å²) in [5, 5.41) is 0. The van der Waals surface area contributed by atoms with Crippen LogP contribution in [0.2, 0.25) is 0 Å². The molecule has 0 aliphatic carbocycles. The van der Waals surface area contributed by atoms with Crippen molar-refractivity contribution in [3.05, 3.63) is 0 Å². The molecule has 6 unspecified atom stereocenters. The van der Waals surface area contributed by atoms with Gasteiger partial charge in [0.05, 0.1) is 30.8 Å². The fourth-order valence-corrected chi connectivity index (χ4v) is 5.32. The van der Waals surface area contributed by atoms with E-state index in [-0.39, 0.29) is 48.9 Å². The van der Waals surface area contributed by atoms with E-state index in [0.29, 0.717) is 49.7 Å². The van der Waals surface area contributed by atoms with Crippen LogP contribution in [0.5, 0.6) is 0 Å². The van der Waals surface area contributed by atoms with Gasteiger partial charge in [0.1, 0.15) is 6.61 Å². The molecule has 0 radical (unpaired) electrons. The molecule has 8 nitrogen and oxygen atoms in total. The van der Waals surface area contributed by atoms with Gasteiger partial charge in [-0.2, -0.15) is 0 Å². The summed E-state index contributed by atoms with van der Waals surface area (Å²) in [6.07, 6.45) is 4.30. The van der Waals surface area contributed by atoms with Crippen molar-refractivity contribution in [3.8, 4) is 0 Å². The molecule has 0 aromatic carbocycles. The molecule has 7 atom stereocenters. The fourth-order valence-electron chi connectivity index (χ4n) is 5.32. The number of Topliss-reactive ketones (excluding diaryl/α,β-unsaturated/α-hetero) is 1. The van der Waals surface area contributed by atoms with E-state index in [1.54, 1.807) is 0 Å². The first-order chi connectivity index (χ1) is 18.7. The number of carbonyl (C=O) groups excluding carboxylic acids is 2. The summed E-state index contributed by atoms with van der Waals surface area (Å²) in [7, 11) is 6.01. The highest BCUT2D eigenvalue weighted by Crippen LogP contribution is 2.27. The number of hydrogen-bond donors (Lipinski definition) is 0. The maximum atomic E-state index is 12.7. The zero-order chi connectivity index (χ0) is 30.4. The maximum Gasteiger partial charge on any atom is 0.308 e. The molecule has 0 aromatic rings. The fraction of sp³-hybridized carbons (Fsp3) is 0.906. The number of ketones is 1. The molecule has 1 aliphatic heterocycles. The lowest BCUT2D eigenvalue weighted by Crippen LogP contribution is -2.45. The number of esters is 1. The van der Waals surface area contributed by atoms with Gasteiger partial charge < -0.3 is 23.8 Å². The largest absolute Gasteiger partial charge is 0.465 e. The first kappa shape index (κ1) is 36.7. The van der Waals surface area contributed by atoms with Gasteiger partial charge in [0.2, 0.25) is 0 Å². The molecule has 0 N–H and O–H groups in total. The predicted octanol–water partition coefficient (Wildman–Crippen LogP) is 5.95. The Hall–Kier alpha value is -1.35. The Balaban J connectivity index is 2.73. The second-order valence-corrected chi connectivity index (χ2v) is 12.8. The Bertz CT molecular complexity index is 769. The third-order valence-electron chi connectivity index (χ3n) is 7.83. The first-order valence-corrected chi connectivity index (χ1v) is 15.5. The highest BCUT2D eigenvalue weighted by Gasteiger charge is 2.33. The third kappa shape index (κ3) is 14.0. The molecule has 8 heteroatoms. The van der Waals surface area contributed by atoms with Crippen LogP contribution in [0.15, 0.2) is 4.99 Å². The lowest BCUT2D eigenvalue weighted by atomic mass is 9.91. The molecule has 40 heavy (non-hydrogen) atoms. The first-order valence-electron chi connectivity index (χ1n) is 15.5. The molecule has 1 aliphatic rings. The second-order valence-electron chi connectivity index (χ2n) is 12.8. The van der Waals surface area contributed by atoms with Crippen LogP contribution in [-0.4, -0.2) is 87.4 Å².